The van der Waals surface area contributed by atoms with E-state index >= 15 is 0 Å². The molecule has 1 N–H and O–H groups in total. The highest BCUT2D eigenvalue weighted by molar-refractivity contribution is 5.49. The Bertz CT molecular complexity index is 687. The minimum absolute atomic E-state index is 0.0403. The number of aromatic nitrogens is 2. The minimum atomic E-state index is -0.375. The van der Waals surface area contributed by atoms with Crippen LogP contribution in [0.25, 0.3) is 0 Å². The van der Waals surface area contributed by atoms with Crippen molar-refractivity contribution < 1.29 is 4.92 Å². The van der Waals surface area contributed by atoms with Crippen molar-refractivity contribution in [3.63, 3.8) is 0 Å². The number of hydrogen-bond acceptors (Lipinski definition) is 5. The quantitative estimate of drug-likeness (QED) is 0.689. The van der Waals surface area contributed by atoms with Gasteiger partial charge in [-0.05, 0) is 31.4 Å². The van der Waals surface area contributed by atoms with E-state index in [1.807, 2.05) is 13.0 Å². The summed E-state index contributed by atoms with van der Waals surface area (Å²) in [5, 5.41) is 14.2. The van der Waals surface area contributed by atoms with E-state index in [0.717, 1.165) is 24.2 Å². The van der Waals surface area contributed by atoms with E-state index in [-0.39, 0.29) is 16.5 Å². The van der Waals surface area contributed by atoms with Gasteiger partial charge in [0.1, 0.15) is 5.82 Å². The Kier molecular flexibility index (Phi) is 3.51. The molecule has 0 bridgehead atoms. The van der Waals surface area contributed by atoms with Gasteiger partial charge < -0.3 is 5.32 Å². The van der Waals surface area contributed by atoms with E-state index in [1.165, 1.54) is 11.6 Å². The molecule has 0 fully saturated rings. The highest BCUT2D eigenvalue weighted by atomic mass is 16.6. The molecular weight excluding hydrogens is 268 g/mol. The number of nitrogens with one attached hydrogen (secondary N) is 1. The first-order valence-corrected chi connectivity index (χ1v) is 7.03. The molecule has 108 valence electrons. The van der Waals surface area contributed by atoms with Crippen LogP contribution in [0.1, 0.15) is 36.2 Å². The second kappa shape index (κ2) is 5.47. The summed E-state index contributed by atoms with van der Waals surface area (Å²) < 4.78 is 0. The minimum Gasteiger partial charge on any atom is -0.370 e. The summed E-state index contributed by atoms with van der Waals surface area (Å²) in [6, 6.07) is 7.02. The van der Waals surface area contributed by atoms with Gasteiger partial charge in [0.2, 0.25) is 0 Å². The van der Waals surface area contributed by atoms with Gasteiger partial charge >= 0.3 is 0 Å². The Morgan fingerprint density at radius 3 is 3.10 bits per heavy atom. The van der Waals surface area contributed by atoms with E-state index in [9.17, 15) is 10.1 Å². The van der Waals surface area contributed by atoms with E-state index < -0.39 is 0 Å². The van der Waals surface area contributed by atoms with Crippen molar-refractivity contribution in [3.05, 3.63) is 57.5 Å². The van der Waals surface area contributed by atoms with Crippen LogP contribution in [0.3, 0.4) is 0 Å². The predicted octanol–water partition coefficient (Wildman–Crippen LogP) is 2.89. The van der Waals surface area contributed by atoms with Gasteiger partial charge in [-0.3, -0.25) is 15.1 Å². The van der Waals surface area contributed by atoms with E-state index in [2.05, 4.69) is 21.4 Å². The molecule has 1 unspecified atom stereocenters. The number of hydrogen-bond donors (Lipinski definition) is 1. The first-order valence-electron chi connectivity index (χ1n) is 7.03. The first kappa shape index (κ1) is 13.5. The molecule has 0 spiro atoms. The van der Waals surface area contributed by atoms with Gasteiger partial charge in [0, 0.05) is 24.7 Å². The lowest BCUT2D eigenvalue weighted by atomic mass is 10.0. The third kappa shape index (κ3) is 2.56. The van der Waals surface area contributed by atoms with Crippen LogP contribution >= 0.6 is 0 Å². The number of anilines is 1. The van der Waals surface area contributed by atoms with Crippen LogP contribution in [0.5, 0.6) is 0 Å². The number of nitrogens with zero attached hydrogens (tertiary/aromatic N) is 3. The van der Waals surface area contributed by atoms with Crippen LogP contribution in [0.4, 0.5) is 11.5 Å². The third-order valence-electron chi connectivity index (χ3n) is 3.71. The molecule has 0 amide bonds. The summed E-state index contributed by atoms with van der Waals surface area (Å²) in [6.45, 7) is 2.61. The zero-order valence-electron chi connectivity index (χ0n) is 11.7. The molecule has 0 aliphatic heterocycles. The highest BCUT2D eigenvalue weighted by Gasteiger charge is 2.28. The van der Waals surface area contributed by atoms with Gasteiger partial charge in [0.25, 0.3) is 5.69 Å². The van der Waals surface area contributed by atoms with Crippen LogP contribution in [0.2, 0.25) is 0 Å². The molecule has 21 heavy (non-hydrogen) atoms. The van der Waals surface area contributed by atoms with Crippen molar-refractivity contribution in [1.82, 2.24) is 9.97 Å². The standard InChI is InChI=1S/C15H16N4O2/c1-2-16-14-9-11(19(20)21)8-13(18-14)12-6-5-10-4-3-7-17-15(10)12/h3-4,7-9,12H,2,5-6H2,1H3,(H,16,18). The molecule has 1 aliphatic carbocycles. The van der Waals surface area contributed by atoms with Crippen LogP contribution in [-0.2, 0) is 6.42 Å². The summed E-state index contributed by atoms with van der Waals surface area (Å²) in [4.78, 5) is 19.7. The lowest BCUT2D eigenvalue weighted by molar-refractivity contribution is -0.384. The number of fused-ring (bicyclic) bond motifs is 1. The Morgan fingerprint density at radius 2 is 2.33 bits per heavy atom. The summed E-state index contributed by atoms with van der Waals surface area (Å²) in [5.74, 6) is 0.588. The fourth-order valence-corrected chi connectivity index (χ4v) is 2.79. The Morgan fingerprint density at radius 1 is 1.48 bits per heavy atom. The fraction of sp³-hybridized carbons (Fsp3) is 0.333. The van der Waals surface area contributed by atoms with Crippen molar-refractivity contribution in [3.8, 4) is 0 Å². The number of rotatable bonds is 4. The largest absolute Gasteiger partial charge is 0.370 e. The molecule has 0 radical (unpaired) electrons. The molecule has 6 heteroatoms. The molecule has 6 nitrogen and oxygen atoms in total. The van der Waals surface area contributed by atoms with Gasteiger partial charge in [-0.15, -0.1) is 0 Å². The second-order valence-corrected chi connectivity index (χ2v) is 5.06. The zero-order chi connectivity index (χ0) is 14.8. The van der Waals surface area contributed by atoms with Crippen molar-refractivity contribution in [2.24, 2.45) is 0 Å². The molecule has 0 saturated carbocycles. The van der Waals surface area contributed by atoms with Gasteiger partial charge in [-0.2, -0.15) is 0 Å². The fourth-order valence-electron chi connectivity index (χ4n) is 2.79. The highest BCUT2D eigenvalue weighted by Crippen LogP contribution is 2.37. The lowest BCUT2D eigenvalue weighted by Crippen LogP contribution is -2.07. The molecule has 2 aromatic heterocycles. The molecule has 1 aliphatic rings. The van der Waals surface area contributed by atoms with Crippen molar-refractivity contribution >= 4 is 11.5 Å². The molecule has 0 saturated heterocycles. The molecule has 0 aromatic carbocycles. The molecular formula is C15H16N4O2. The summed E-state index contributed by atoms with van der Waals surface area (Å²) >= 11 is 0. The smallest absolute Gasteiger partial charge is 0.274 e. The predicted molar refractivity (Wildman–Crippen MR) is 79.5 cm³/mol. The molecule has 1 atom stereocenters. The topological polar surface area (TPSA) is 81.0 Å². The Labute approximate surface area is 122 Å². The van der Waals surface area contributed by atoms with Crippen LogP contribution in [0, 0.1) is 10.1 Å². The van der Waals surface area contributed by atoms with Crippen molar-refractivity contribution in [2.75, 3.05) is 11.9 Å². The van der Waals surface area contributed by atoms with Crippen LogP contribution in [0.15, 0.2) is 30.5 Å². The van der Waals surface area contributed by atoms with Crippen molar-refractivity contribution in [1.29, 1.82) is 0 Å². The van der Waals surface area contributed by atoms with Crippen LogP contribution in [-0.4, -0.2) is 21.4 Å². The Hall–Kier alpha value is -2.50. The number of aryl methyl sites for hydroxylation is 1. The average Bonchev–Trinajstić information content (AvgIpc) is 2.91. The molecule has 2 heterocycles. The maximum atomic E-state index is 11.1. The third-order valence-corrected chi connectivity index (χ3v) is 3.71. The SMILES string of the molecule is CCNc1cc([N+](=O)[O-])cc(C2CCc3cccnc32)n1. The van der Waals surface area contributed by atoms with Crippen LogP contribution < -0.4 is 5.32 Å². The summed E-state index contributed by atoms with van der Waals surface area (Å²) in [6.07, 6.45) is 3.60. The zero-order valence-corrected chi connectivity index (χ0v) is 11.7. The Balaban J connectivity index is 2.04. The second-order valence-electron chi connectivity index (χ2n) is 5.06. The monoisotopic (exact) mass is 284 g/mol. The van der Waals surface area contributed by atoms with E-state index in [4.69, 9.17) is 0 Å². The maximum Gasteiger partial charge on any atom is 0.274 e. The van der Waals surface area contributed by atoms with Gasteiger partial charge in [0.15, 0.2) is 0 Å². The van der Waals surface area contributed by atoms with Gasteiger partial charge in [-0.25, -0.2) is 4.98 Å². The average molecular weight is 284 g/mol. The first-order chi connectivity index (χ1) is 10.2. The molecule has 2 aromatic rings. The van der Waals surface area contributed by atoms with E-state index in [0.29, 0.717) is 12.4 Å². The summed E-state index contributed by atoms with van der Waals surface area (Å²) in [5.41, 5.74) is 2.99. The summed E-state index contributed by atoms with van der Waals surface area (Å²) in [7, 11) is 0. The van der Waals surface area contributed by atoms with Crippen molar-refractivity contribution in [2.45, 2.75) is 25.7 Å². The van der Waals surface area contributed by atoms with E-state index in [1.54, 1.807) is 12.3 Å². The number of pyridine rings is 2. The normalized spacial score (nSPS) is 16.5. The number of nitro groups is 1. The lowest BCUT2D eigenvalue weighted by Gasteiger charge is -2.12. The van der Waals surface area contributed by atoms with Gasteiger partial charge in [-0.1, -0.05) is 6.07 Å². The van der Waals surface area contributed by atoms with Gasteiger partial charge in [0.05, 0.1) is 22.4 Å². The maximum absolute atomic E-state index is 11.1. The molecule has 3 rings (SSSR count).